The molecule has 22 heavy (non-hydrogen) atoms. The minimum atomic E-state index is 0.575. The van der Waals surface area contributed by atoms with E-state index in [1.807, 2.05) is 29.2 Å². The molecule has 0 aromatic carbocycles. The van der Waals surface area contributed by atoms with Crippen molar-refractivity contribution < 1.29 is 0 Å². The fraction of sp³-hybridized carbons (Fsp3) is 0.588. The summed E-state index contributed by atoms with van der Waals surface area (Å²) in [7, 11) is 0. The maximum absolute atomic E-state index is 4.34. The van der Waals surface area contributed by atoms with Gasteiger partial charge in [-0.05, 0) is 73.1 Å². The van der Waals surface area contributed by atoms with Crippen LogP contribution in [0.1, 0.15) is 32.1 Å². The van der Waals surface area contributed by atoms with E-state index in [-0.39, 0.29) is 0 Å². The van der Waals surface area contributed by atoms with Crippen LogP contribution in [0.4, 0.5) is 0 Å². The van der Waals surface area contributed by atoms with Gasteiger partial charge in [0, 0.05) is 12.2 Å². The first-order valence-corrected chi connectivity index (χ1v) is 8.45. The smallest absolute Gasteiger partial charge is 0.133 e. The van der Waals surface area contributed by atoms with Crippen molar-refractivity contribution in [2.75, 3.05) is 5.43 Å². The van der Waals surface area contributed by atoms with Crippen molar-refractivity contribution in [3.8, 4) is 11.4 Å². The first kappa shape index (κ1) is 12.6. The summed E-state index contributed by atoms with van der Waals surface area (Å²) >= 11 is 0. The van der Waals surface area contributed by atoms with Crippen LogP contribution >= 0.6 is 0 Å². The van der Waals surface area contributed by atoms with E-state index in [4.69, 9.17) is 0 Å². The monoisotopic (exact) mass is 295 g/mol. The molecule has 4 aliphatic carbocycles. The molecular formula is C17H21N5. The van der Waals surface area contributed by atoms with E-state index in [0.29, 0.717) is 6.04 Å². The molecule has 0 radical (unpaired) electrons. The fourth-order valence-corrected chi connectivity index (χ4v) is 5.25. The maximum atomic E-state index is 4.34. The Morgan fingerprint density at radius 3 is 2.41 bits per heavy atom. The molecule has 2 heterocycles. The van der Waals surface area contributed by atoms with Crippen molar-refractivity contribution in [1.29, 1.82) is 0 Å². The number of rotatable bonds is 3. The summed E-state index contributed by atoms with van der Waals surface area (Å²) in [6.07, 6.45) is 10.9. The van der Waals surface area contributed by atoms with Gasteiger partial charge in [-0.3, -0.25) is 4.98 Å². The van der Waals surface area contributed by atoms with Crippen LogP contribution in [0.15, 0.2) is 30.6 Å². The van der Waals surface area contributed by atoms with E-state index in [1.54, 1.807) is 6.20 Å². The van der Waals surface area contributed by atoms with Crippen LogP contribution in [0.25, 0.3) is 11.4 Å². The van der Waals surface area contributed by atoms with Crippen molar-refractivity contribution in [2.45, 2.75) is 38.1 Å². The number of hydrogen-bond acceptors (Lipinski definition) is 4. The second-order valence-corrected chi connectivity index (χ2v) is 7.35. The normalized spacial score (nSPS) is 35.7. The highest BCUT2D eigenvalue weighted by Crippen LogP contribution is 2.53. The second kappa shape index (κ2) is 4.80. The maximum Gasteiger partial charge on any atom is 0.133 e. The van der Waals surface area contributed by atoms with E-state index >= 15 is 0 Å². The lowest BCUT2D eigenvalue weighted by Gasteiger charge is -2.54. The van der Waals surface area contributed by atoms with Crippen LogP contribution < -0.4 is 5.43 Å². The Hall–Kier alpha value is -1.91. The van der Waals surface area contributed by atoms with Gasteiger partial charge in [-0.15, -0.1) is 5.10 Å². The van der Waals surface area contributed by atoms with E-state index in [0.717, 1.165) is 35.1 Å². The van der Waals surface area contributed by atoms with Crippen molar-refractivity contribution in [1.82, 2.24) is 20.1 Å². The molecule has 0 aliphatic heterocycles. The molecule has 0 atom stereocenters. The first-order chi connectivity index (χ1) is 10.8. The summed E-state index contributed by atoms with van der Waals surface area (Å²) in [5.74, 6) is 3.67. The molecule has 0 saturated heterocycles. The quantitative estimate of drug-likeness (QED) is 0.946. The van der Waals surface area contributed by atoms with Gasteiger partial charge >= 0.3 is 0 Å². The van der Waals surface area contributed by atoms with Gasteiger partial charge in [0.05, 0.1) is 11.9 Å². The van der Waals surface area contributed by atoms with Gasteiger partial charge in [0.1, 0.15) is 5.69 Å². The second-order valence-electron chi connectivity index (χ2n) is 7.35. The zero-order valence-electron chi connectivity index (χ0n) is 12.6. The number of aromatic nitrogens is 4. The highest BCUT2D eigenvalue weighted by molar-refractivity contribution is 5.51. The van der Waals surface area contributed by atoms with E-state index in [2.05, 4.69) is 20.7 Å². The number of nitrogens with one attached hydrogen (secondary N) is 1. The highest BCUT2D eigenvalue weighted by Gasteiger charge is 2.48. The predicted octanol–water partition coefficient (Wildman–Crippen LogP) is 2.71. The van der Waals surface area contributed by atoms with Gasteiger partial charge in [-0.25, -0.2) is 0 Å². The van der Waals surface area contributed by atoms with Crippen molar-refractivity contribution >= 4 is 0 Å². The lowest BCUT2D eigenvalue weighted by molar-refractivity contribution is 0.00274. The third-order valence-electron chi connectivity index (χ3n) is 5.93. The van der Waals surface area contributed by atoms with Crippen LogP contribution in [0, 0.1) is 23.7 Å². The molecular weight excluding hydrogens is 274 g/mol. The molecule has 114 valence electrons. The molecule has 4 saturated carbocycles. The standard InChI is InChI=1S/C17H21N5/c1-2-4-18-15(3-1)16-10-22(21-19-16)20-17-13-6-11-5-12(8-13)9-14(17)7-11/h1-4,10-14,17,20H,5-9H2. The molecule has 5 heteroatoms. The van der Waals surface area contributed by atoms with Gasteiger partial charge < -0.3 is 5.43 Å². The lowest BCUT2D eigenvalue weighted by Crippen LogP contribution is -2.53. The van der Waals surface area contributed by atoms with E-state index in [1.165, 1.54) is 32.1 Å². The summed E-state index contributed by atoms with van der Waals surface area (Å²) in [5.41, 5.74) is 5.34. The Labute approximate surface area is 130 Å². The number of hydrogen-bond donors (Lipinski definition) is 1. The lowest BCUT2D eigenvalue weighted by atomic mass is 9.54. The molecule has 0 spiro atoms. The molecule has 6 rings (SSSR count). The molecule has 2 aromatic rings. The van der Waals surface area contributed by atoms with Crippen molar-refractivity contribution in [3.05, 3.63) is 30.6 Å². The minimum absolute atomic E-state index is 0.575. The topological polar surface area (TPSA) is 55.6 Å². The SMILES string of the molecule is c1ccc(-c2cn(NC3C4CC5CC(C4)CC3C5)nn2)nc1. The summed E-state index contributed by atoms with van der Waals surface area (Å²) in [5, 5.41) is 8.52. The van der Waals surface area contributed by atoms with Crippen LogP contribution in [-0.4, -0.2) is 26.1 Å². The van der Waals surface area contributed by atoms with E-state index < -0.39 is 0 Å². The Kier molecular flexibility index (Phi) is 2.75. The molecule has 0 unspecified atom stereocenters. The summed E-state index contributed by atoms with van der Waals surface area (Å²) < 4.78 is 0. The number of nitrogens with zero attached hydrogens (tertiary/aromatic N) is 4. The molecule has 1 N–H and O–H groups in total. The molecule has 4 fully saturated rings. The minimum Gasteiger partial charge on any atom is -0.305 e. The van der Waals surface area contributed by atoms with Crippen LogP contribution in [-0.2, 0) is 0 Å². The Morgan fingerprint density at radius 1 is 0.955 bits per heavy atom. The summed E-state index contributed by atoms with van der Waals surface area (Å²) in [6, 6.07) is 6.44. The fourth-order valence-electron chi connectivity index (χ4n) is 5.25. The average molecular weight is 295 g/mol. The Bertz CT molecular complexity index is 637. The first-order valence-electron chi connectivity index (χ1n) is 8.45. The zero-order chi connectivity index (χ0) is 14.5. The molecule has 0 amide bonds. The van der Waals surface area contributed by atoms with E-state index in [9.17, 15) is 0 Å². The molecule has 4 aliphatic rings. The van der Waals surface area contributed by atoms with Crippen LogP contribution in [0.2, 0.25) is 0 Å². The largest absolute Gasteiger partial charge is 0.305 e. The van der Waals surface area contributed by atoms with Gasteiger partial charge in [0.2, 0.25) is 0 Å². The van der Waals surface area contributed by atoms with Crippen LogP contribution in [0.5, 0.6) is 0 Å². The van der Waals surface area contributed by atoms with Gasteiger partial charge in [-0.1, -0.05) is 6.07 Å². The predicted molar refractivity (Wildman–Crippen MR) is 83.4 cm³/mol. The average Bonchev–Trinajstić information content (AvgIpc) is 3.00. The Balaban J connectivity index is 1.35. The zero-order valence-corrected chi connectivity index (χ0v) is 12.6. The van der Waals surface area contributed by atoms with Crippen LogP contribution in [0.3, 0.4) is 0 Å². The Morgan fingerprint density at radius 2 is 1.73 bits per heavy atom. The molecule has 4 bridgehead atoms. The number of pyridine rings is 1. The molecule has 2 aromatic heterocycles. The molecule has 5 nitrogen and oxygen atoms in total. The van der Waals surface area contributed by atoms with Gasteiger partial charge in [0.25, 0.3) is 0 Å². The van der Waals surface area contributed by atoms with Crippen molar-refractivity contribution in [3.63, 3.8) is 0 Å². The van der Waals surface area contributed by atoms with Gasteiger partial charge in [-0.2, -0.15) is 4.79 Å². The third kappa shape index (κ3) is 2.02. The summed E-state index contributed by atoms with van der Waals surface area (Å²) in [4.78, 5) is 6.15. The highest BCUT2D eigenvalue weighted by atomic mass is 15.6. The third-order valence-corrected chi connectivity index (χ3v) is 5.93. The summed E-state index contributed by atoms with van der Waals surface area (Å²) in [6.45, 7) is 0. The van der Waals surface area contributed by atoms with Crippen molar-refractivity contribution in [2.24, 2.45) is 23.7 Å². The van der Waals surface area contributed by atoms with Gasteiger partial charge in [0.15, 0.2) is 0 Å².